The van der Waals surface area contributed by atoms with Crippen LogP contribution in [0.2, 0.25) is 0 Å². The number of nitrogens with zero attached hydrogens (tertiary/aromatic N) is 6. The maximum absolute atomic E-state index is 11.3. The molecule has 0 amide bonds. The van der Waals surface area contributed by atoms with Crippen LogP contribution in [0.1, 0.15) is 31.2 Å². The van der Waals surface area contributed by atoms with Gasteiger partial charge in [-0.05, 0) is 49.8 Å². The van der Waals surface area contributed by atoms with E-state index in [0.717, 1.165) is 34.1 Å². The molecule has 12 nitrogen and oxygen atoms in total. The van der Waals surface area contributed by atoms with Gasteiger partial charge in [-0.3, -0.25) is 9.11 Å². The molecule has 230 valence electrons. The summed E-state index contributed by atoms with van der Waals surface area (Å²) < 4.78 is 67.6. The smallest absolute Gasteiger partial charge is 0.282 e. The fraction of sp³-hybridized carbons (Fsp3) is 0.300. The lowest BCUT2D eigenvalue weighted by Gasteiger charge is -2.24. The van der Waals surface area contributed by atoms with Gasteiger partial charge in [0.05, 0.1) is 54.7 Å². The van der Waals surface area contributed by atoms with Crippen molar-refractivity contribution in [2.75, 3.05) is 34.4 Å². The minimum atomic E-state index is -4.12. The van der Waals surface area contributed by atoms with E-state index in [1.807, 2.05) is 70.5 Å². The Kier molecular flexibility index (Phi) is 9.91. The first-order chi connectivity index (χ1) is 20.9. The molecule has 1 aliphatic rings. The number of hydrogen-bond donors (Lipinski definition) is 2. The molecule has 0 atom stereocenters. The zero-order valence-electron chi connectivity index (χ0n) is 24.3. The van der Waals surface area contributed by atoms with Crippen LogP contribution in [-0.4, -0.2) is 55.1 Å². The highest BCUT2D eigenvalue weighted by atomic mass is 32.2. The highest BCUT2D eigenvalue weighted by Crippen LogP contribution is 2.42. The molecule has 0 bridgehead atoms. The Bertz CT molecular complexity index is 1960. The number of anilines is 2. The van der Waals surface area contributed by atoms with Crippen LogP contribution in [0.5, 0.6) is 0 Å². The molecular weight excluding hydrogens is 605 g/mol. The molecule has 0 aliphatic carbocycles. The van der Waals surface area contributed by atoms with Gasteiger partial charge in [-0.15, -0.1) is 0 Å². The van der Waals surface area contributed by atoms with Gasteiger partial charge in [0.15, 0.2) is 16.7 Å². The predicted octanol–water partition coefficient (Wildman–Crippen LogP) is 4.20. The second kappa shape index (κ2) is 13.4. The van der Waals surface area contributed by atoms with Crippen molar-refractivity contribution in [1.29, 1.82) is 5.26 Å². The maximum Gasteiger partial charge on any atom is 0.282 e. The predicted molar refractivity (Wildman–Crippen MR) is 169 cm³/mol. The fourth-order valence-electron chi connectivity index (χ4n) is 5.28. The van der Waals surface area contributed by atoms with Crippen molar-refractivity contribution in [3.63, 3.8) is 0 Å². The highest BCUT2D eigenvalue weighted by molar-refractivity contribution is 7.86. The number of nitriles is 1. The summed E-state index contributed by atoms with van der Waals surface area (Å²) in [5.74, 6) is 0.771. The minimum absolute atomic E-state index is 0.182. The Balaban J connectivity index is 1.65. The average molecular weight is 638 g/mol. The maximum atomic E-state index is 11.3. The summed E-state index contributed by atoms with van der Waals surface area (Å²) in [4.78, 5) is 7.50. The van der Waals surface area contributed by atoms with Crippen LogP contribution in [-0.2, 0) is 33.8 Å². The minimum Gasteiger partial charge on any atom is -0.326 e. The number of hydrogen-bond acceptors (Lipinski definition) is 7. The van der Waals surface area contributed by atoms with E-state index >= 15 is 0 Å². The van der Waals surface area contributed by atoms with Gasteiger partial charge < -0.3 is 9.80 Å². The molecule has 0 fully saturated rings. The second-order valence-electron chi connectivity index (χ2n) is 10.1. The van der Waals surface area contributed by atoms with Crippen LogP contribution in [0.25, 0.3) is 22.0 Å². The van der Waals surface area contributed by atoms with Crippen LogP contribution in [0.3, 0.4) is 0 Å². The number of aryl methyl sites for hydroxylation is 2. The van der Waals surface area contributed by atoms with Crippen molar-refractivity contribution in [1.82, 2.24) is 4.57 Å². The Morgan fingerprint density at radius 3 is 2.30 bits per heavy atom. The largest absolute Gasteiger partial charge is 0.326 e. The van der Waals surface area contributed by atoms with E-state index in [-0.39, 0.29) is 24.3 Å². The summed E-state index contributed by atoms with van der Waals surface area (Å²) in [6.45, 7) is 10.6. The van der Waals surface area contributed by atoms with E-state index in [1.54, 1.807) is 24.3 Å². The van der Waals surface area contributed by atoms with Crippen molar-refractivity contribution >= 4 is 54.4 Å². The van der Waals surface area contributed by atoms with E-state index in [1.165, 1.54) is 0 Å². The zero-order valence-corrected chi connectivity index (χ0v) is 26.0. The lowest BCUT2D eigenvalue weighted by Crippen LogP contribution is -2.31. The standard InChI is InChI=1S/C30H32N6O6S2/c1-4-34-26-14-12-23(22-31)20-27(26)36(17-9-19-44(40,41)42)30(34)11-7-5-6-10-29-33(3)25-15-13-24(32-2)21-28(25)35(29)16-8-18-43(37,38)39/h5-7,10-15,20-21H,4,8-9,16-19H2,1,3H3,(H-,37,38,39,40,41,42)/p+1. The van der Waals surface area contributed by atoms with E-state index < -0.39 is 20.2 Å². The number of benzene rings is 2. The van der Waals surface area contributed by atoms with E-state index in [4.69, 9.17) is 6.57 Å². The van der Waals surface area contributed by atoms with Crippen LogP contribution in [0.15, 0.2) is 66.5 Å². The molecule has 3 aromatic rings. The number of allylic oxidation sites excluding steroid dienone is 4. The molecule has 0 radical (unpaired) electrons. The summed E-state index contributed by atoms with van der Waals surface area (Å²) in [7, 11) is -6.37. The van der Waals surface area contributed by atoms with Gasteiger partial charge in [0.25, 0.3) is 26.1 Å². The number of aromatic nitrogens is 2. The molecule has 1 aliphatic heterocycles. The van der Waals surface area contributed by atoms with Gasteiger partial charge in [0, 0.05) is 25.6 Å². The number of imidazole rings is 1. The molecule has 4 rings (SSSR count). The van der Waals surface area contributed by atoms with Gasteiger partial charge in [-0.2, -0.15) is 22.1 Å². The summed E-state index contributed by atoms with van der Waals surface area (Å²) >= 11 is 0. The van der Waals surface area contributed by atoms with Crippen LogP contribution < -0.4 is 14.4 Å². The molecule has 0 unspecified atom stereocenters. The van der Waals surface area contributed by atoms with Gasteiger partial charge >= 0.3 is 0 Å². The summed E-state index contributed by atoms with van der Waals surface area (Å²) in [6, 6.07) is 12.8. The molecule has 2 aromatic carbocycles. The van der Waals surface area contributed by atoms with E-state index in [9.17, 15) is 31.2 Å². The highest BCUT2D eigenvalue weighted by Gasteiger charge is 2.30. The molecule has 1 aromatic heterocycles. The first-order valence-electron chi connectivity index (χ1n) is 13.8. The monoisotopic (exact) mass is 637 g/mol. The topological polar surface area (TPSA) is 152 Å². The molecule has 44 heavy (non-hydrogen) atoms. The molecule has 0 saturated carbocycles. The third-order valence-corrected chi connectivity index (χ3v) is 8.81. The lowest BCUT2D eigenvalue weighted by atomic mass is 10.2. The van der Waals surface area contributed by atoms with Gasteiger partial charge in [-0.1, -0.05) is 24.3 Å². The van der Waals surface area contributed by atoms with Crippen LogP contribution in [0, 0.1) is 17.9 Å². The van der Waals surface area contributed by atoms with E-state index in [2.05, 4.69) is 15.8 Å². The third-order valence-electron chi connectivity index (χ3n) is 7.20. The number of fused-ring (bicyclic) bond motifs is 2. The summed E-state index contributed by atoms with van der Waals surface area (Å²) in [5, 5.41) is 9.43. The molecule has 0 saturated heterocycles. The Morgan fingerprint density at radius 2 is 1.66 bits per heavy atom. The Morgan fingerprint density at radius 1 is 0.955 bits per heavy atom. The Labute approximate surface area is 257 Å². The van der Waals surface area contributed by atoms with Gasteiger partial charge in [0.2, 0.25) is 0 Å². The summed E-state index contributed by atoms with van der Waals surface area (Å²) in [5.41, 5.74) is 4.21. The lowest BCUT2D eigenvalue weighted by molar-refractivity contribution is -0.647. The molecule has 2 N–H and O–H groups in total. The molecule has 0 spiro atoms. The van der Waals surface area contributed by atoms with Crippen LogP contribution >= 0.6 is 0 Å². The van der Waals surface area contributed by atoms with Crippen molar-refractivity contribution in [2.24, 2.45) is 7.05 Å². The quantitative estimate of drug-likeness (QED) is 0.129. The first-order valence-corrected chi connectivity index (χ1v) is 17.0. The van der Waals surface area contributed by atoms with Crippen molar-refractivity contribution in [2.45, 2.75) is 26.3 Å². The van der Waals surface area contributed by atoms with Crippen molar-refractivity contribution in [3.8, 4) is 6.07 Å². The zero-order chi connectivity index (χ0) is 32.1. The van der Waals surface area contributed by atoms with E-state index in [0.29, 0.717) is 30.9 Å². The normalized spacial score (nSPS) is 14.6. The van der Waals surface area contributed by atoms with Crippen molar-refractivity contribution in [3.05, 3.63) is 89.3 Å². The third kappa shape index (κ3) is 7.53. The van der Waals surface area contributed by atoms with Crippen LogP contribution in [0.4, 0.5) is 17.1 Å². The molecule has 14 heteroatoms. The molecular formula is C30H33N6O6S2+. The Hall–Kier alpha value is -4.47. The SMILES string of the molecule is [C-]#[N+]c1ccc2c(c1)n(CCCS(=O)(=O)O)c(/C=C/C=C/C=C1\N(CC)c3ccc(C#N)cc3N1CCCS(=O)(=O)O)[n+]2C. The molecule has 2 heterocycles. The van der Waals surface area contributed by atoms with Gasteiger partial charge in [0.1, 0.15) is 5.82 Å². The second-order valence-corrected chi connectivity index (χ2v) is 13.3. The summed E-state index contributed by atoms with van der Waals surface area (Å²) in [6.07, 6.45) is 9.61. The van der Waals surface area contributed by atoms with Gasteiger partial charge in [-0.25, -0.2) is 14.0 Å². The number of rotatable bonds is 12. The first kappa shape index (κ1) is 32.4. The fourth-order valence-corrected chi connectivity index (χ4v) is 6.27. The average Bonchev–Trinajstić information content (AvgIpc) is 3.41. The van der Waals surface area contributed by atoms with Crippen molar-refractivity contribution < 1.29 is 30.5 Å².